The van der Waals surface area contributed by atoms with Gasteiger partial charge in [-0.15, -0.1) is 0 Å². The predicted octanol–water partition coefficient (Wildman–Crippen LogP) is 2.22. The third-order valence-corrected chi connectivity index (χ3v) is 3.47. The van der Waals surface area contributed by atoms with Gasteiger partial charge in [-0.2, -0.15) is 5.10 Å². The number of anilines is 1. The Balaban J connectivity index is 1.87. The zero-order chi connectivity index (χ0) is 15.7. The molecule has 0 aliphatic rings. The lowest BCUT2D eigenvalue weighted by molar-refractivity contribution is -0.116. The molecule has 1 aromatic carbocycles. The van der Waals surface area contributed by atoms with Crippen molar-refractivity contribution in [3.63, 3.8) is 0 Å². The first-order chi connectivity index (χ1) is 10.5. The number of Topliss-reactive ketones (excluding diaryl/α,β-unsaturated/α-hetero) is 1. The zero-order valence-electron chi connectivity index (χ0n) is 12.4. The van der Waals surface area contributed by atoms with Crippen molar-refractivity contribution in [2.45, 2.75) is 13.5 Å². The topological polar surface area (TPSA) is 68.9 Å². The molecule has 22 heavy (non-hydrogen) atoms. The molecule has 6 heteroatoms. The normalized spacial score (nSPS) is 10.8. The standard InChI is InChI=1S/C16H16N4O2/c1-11(21)14-9-20(15-6-4-3-5-13(14)15)10-16(22)18-12-7-17-19(2)8-12/h3-9H,10H2,1-2H3,(H,18,22). The number of hydrogen-bond donors (Lipinski definition) is 1. The molecular weight excluding hydrogens is 280 g/mol. The number of ketones is 1. The van der Waals surface area contributed by atoms with Crippen molar-refractivity contribution in [3.05, 3.63) is 48.4 Å². The van der Waals surface area contributed by atoms with Crippen molar-refractivity contribution in [3.8, 4) is 0 Å². The minimum atomic E-state index is -0.163. The molecule has 6 nitrogen and oxygen atoms in total. The van der Waals surface area contributed by atoms with Crippen LogP contribution in [0, 0.1) is 0 Å². The van der Waals surface area contributed by atoms with Crippen LogP contribution in [-0.4, -0.2) is 26.0 Å². The van der Waals surface area contributed by atoms with E-state index in [-0.39, 0.29) is 18.2 Å². The molecule has 112 valence electrons. The van der Waals surface area contributed by atoms with Crippen molar-refractivity contribution >= 4 is 28.3 Å². The summed E-state index contributed by atoms with van der Waals surface area (Å²) in [6, 6.07) is 7.57. The first-order valence-electron chi connectivity index (χ1n) is 6.92. The van der Waals surface area contributed by atoms with Crippen molar-refractivity contribution in [2.75, 3.05) is 5.32 Å². The minimum absolute atomic E-state index is 0.0115. The molecule has 0 atom stereocenters. The molecule has 3 rings (SSSR count). The van der Waals surface area contributed by atoms with E-state index in [4.69, 9.17) is 0 Å². The van der Waals surface area contributed by atoms with Gasteiger partial charge in [0, 0.05) is 35.9 Å². The molecule has 0 unspecified atom stereocenters. The Hall–Kier alpha value is -2.89. The number of para-hydroxylation sites is 1. The van der Waals surface area contributed by atoms with Gasteiger partial charge in [-0.25, -0.2) is 0 Å². The number of rotatable bonds is 4. The number of carbonyl (C=O) groups excluding carboxylic acids is 2. The minimum Gasteiger partial charge on any atom is -0.337 e. The van der Waals surface area contributed by atoms with Gasteiger partial charge in [-0.1, -0.05) is 18.2 Å². The van der Waals surface area contributed by atoms with E-state index >= 15 is 0 Å². The third kappa shape index (κ3) is 2.63. The molecule has 0 saturated heterocycles. The largest absolute Gasteiger partial charge is 0.337 e. The van der Waals surface area contributed by atoms with Crippen LogP contribution in [0.3, 0.4) is 0 Å². The first-order valence-corrected chi connectivity index (χ1v) is 6.92. The van der Waals surface area contributed by atoms with Crippen molar-refractivity contribution in [1.82, 2.24) is 14.3 Å². The van der Waals surface area contributed by atoms with Gasteiger partial charge in [0.05, 0.1) is 11.9 Å². The van der Waals surface area contributed by atoms with Crippen LogP contribution in [-0.2, 0) is 18.4 Å². The molecule has 2 heterocycles. The fourth-order valence-electron chi connectivity index (χ4n) is 2.50. The van der Waals surface area contributed by atoms with E-state index in [1.807, 2.05) is 24.3 Å². The molecule has 1 N–H and O–H groups in total. The first kappa shape index (κ1) is 14.1. The van der Waals surface area contributed by atoms with Gasteiger partial charge in [-0.3, -0.25) is 14.3 Å². The zero-order valence-corrected chi connectivity index (χ0v) is 12.4. The molecule has 0 saturated carbocycles. The van der Waals surface area contributed by atoms with E-state index in [0.29, 0.717) is 11.3 Å². The Kier molecular flexibility index (Phi) is 3.50. The number of amides is 1. The number of hydrogen-bond acceptors (Lipinski definition) is 3. The molecule has 1 amide bonds. The number of aryl methyl sites for hydroxylation is 1. The average molecular weight is 296 g/mol. The maximum absolute atomic E-state index is 12.2. The van der Waals surface area contributed by atoms with Crippen LogP contribution in [0.25, 0.3) is 10.9 Å². The maximum atomic E-state index is 12.2. The Morgan fingerprint density at radius 1 is 1.23 bits per heavy atom. The molecule has 3 aromatic rings. The van der Waals surface area contributed by atoms with Crippen LogP contribution in [0.15, 0.2) is 42.9 Å². The highest BCUT2D eigenvalue weighted by Gasteiger charge is 2.13. The second-order valence-corrected chi connectivity index (χ2v) is 5.19. The molecular formula is C16H16N4O2. The van der Waals surface area contributed by atoms with Gasteiger partial charge >= 0.3 is 0 Å². The highest BCUT2D eigenvalue weighted by molar-refractivity contribution is 6.07. The van der Waals surface area contributed by atoms with Gasteiger partial charge in [0.15, 0.2) is 5.78 Å². The number of benzene rings is 1. The average Bonchev–Trinajstić information content (AvgIpc) is 3.03. The number of fused-ring (bicyclic) bond motifs is 1. The number of nitrogens with zero attached hydrogens (tertiary/aromatic N) is 3. The summed E-state index contributed by atoms with van der Waals surface area (Å²) in [5, 5.41) is 7.66. The second-order valence-electron chi connectivity index (χ2n) is 5.19. The predicted molar refractivity (Wildman–Crippen MR) is 83.8 cm³/mol. The van der Waals surface area contributed by atoms with Crippen LogP contribution in [0.2, 0.25) is 0 Å². The van der Waals surface area contributed by atoms with Crippen LogP contribution < -0.4 is 5.32 Å². The highest BCUT2D eigenvalue weighted by atomic mass is 16.2. The van der Waals surface area contributed by atoms with Crippen LogP contribution >= 0.6 is 0 Å². The maximum Gasteiger partial charge on any atom is 0.244 e. The monoisotopic (exact) mass is 296 g/mol. The third-order valence-electron chi connectivity index (χ3n) is 3.47. The van der Waals surface area contributed by atoms with Gasteiger partial charge in [0.2, 0.25) is 5.91 Å². The Morgan fingerprint density at radius 2 is 2.00 bits per heavy atom. The summed E-state index contributed by atoms with van der Waals surface area (Å²) >= 11 is 0. The molecule has 0 fully saturated rings. The van der Waals surface area contributed by atoms with Gasteiger partial charge in [-0.05, 0) is 13.0 Å². The lowest BCUT2D eigenvalue weighted by atomic mass is 10.1. The molecule has 0 radical (unpaired) electrons. The number of carbonyl (C=O) groups is 2. The highest BCUT2D eigenvalue weighted by Crippen LogP contribution is 2.21. The van der Waals surface area contributed by atoms with Gasteiger partial charge in [0.1, 0.15) is 6.54 Å². The van der Waals surface area contributed by atoms with E-state index in [1.165, 1.54) is 6.92 Å². The summed E-state index contributed by atoms with van der Waals surface area (Å²) in [5.74, 6) is -0.175. The Labute approximate surface area is 127 Å². The lowest BCUT2D eigenvalue weighted by Crippen LogP contribution is -2.18. The van der Waals surface area contributed by atoms with Gasteiger partial charge in [0.25, 0.3) is 0 Å². The summed E-state index contributed by atoms with van der Waals surface area (Å²) in [6.45, 7) is 1.67. The number of aromatic nitrogens is 3. The second kappa shape index (κ2) is 5.48. The van der Waals surface area contributed by atoms with E-state index < -0.39 is 0 Å². The van der Waals surface area contributed by atoms with Crippen molar-refractivity contribution in [1.29, 1.82) is 0 Å². The summed E-state index contributed by atoms with van der Waals surface area (Å²) in [6.07, 6.45) is 5.05. The molecule has 2 aromatic heterocycles. The summed E-state index contributed by atoms with van der Waals surface area (Å²) < 4.78 is 3.41. The number of nitrogens with one attached hydrogen (secondary N) is 1. The molecule has 0 aliphatic heterocycles. The molecule has 0 aliphatic carbocycles. The Bertz CT molecular complexity index is 860. The SMILES string of the molecule is CC(=O)c1cn(CC(=O)Nc2cnn(C)c2)c2ccccc12. The van der Waals surface area contributed by atoms with E-state index in [2.05, 4.69) is 10.4 Å². The van der Waals surface area contributed by atoms with Gasteiger partial charge < -0.3 is 9.88 Å². The quantitative estimate of drug-likeness (QED) is 0.751. The van der Waals surface area contributed by atoms with Crippen LogP contribution in [0.1, 0.15) is 17.3 Å². The molecule has 0 spiro atoms. The lowest BCUT2D eigenvalue weighted by Gasteiger charge is -2.05. The fourth-order valence-corrected chi connectivity index (χ4v) is 2.50. The van der Waals surface area contributed by atoms with E-state index in [1.54, 1.807) is 34.9 Å². The Morgan fingerprint density at radius 3 is 2.68 bits per heavy atom. The molecule has 0 bridgehead atoms. The summed E-state index contributed by atoms with van der Waals surface area (Å²) in [4.78, 5) is 23.9. The summed E-state index contributed by atoms with van der Waals surface area (Å²) in [7, 11) is 1.79. The van der Waals surface area contributed by atoms with Crippen molar-refractivity contribution in [2.24, 2.45) is 7.05 Å². The fraction of sp³-hybridized carbons (Fsp3) is 0.188. The summed E-state index contributed by atoms with van der Waals surface area (Å²) in [5.41, 5.74) is 2.15. The smallest absolute Gasteiger partial charge is 0.244 e. The van der Waals surface area contributed by atoms with E-state index in [9.17, 15) is 9.59 Å². The van der Waals surface area contributed by atoms with Crippen LogP contribution in [0.5, 0.6) is 0 Å². The van der Waals surface area contributed by atoms with Crippen LogP contribution in [0.4, 0.5) is 5.69 Å². The van der Waals surface area contributed by atoms with E-state index in [0.717, 1.165) is 10.9 Å². The van der Waals surface area contributed by atoms with Crippen molar-refractivity contribution < 1.29 is 9.59 Å².